The summed E-state index contributed by atoms with van der Waals surface area (Å²) in [5, 5.41) is -5.49. The van der Waals surface area contributed by atoms with Crippen molar-refractivity contribution in [1.29, 1.82) is 0 Å². The van der Waals surface area contributed by atoms with Crippen LogP contribution in [0.2, 0.25) is 0 Å². The van der Waals surface area contributed by atoms with Gasteiger partial charge in [-0.15, -0.1) is 0 Å². The van der Waals surface area contributed by atoms with E-state index in [1.54, 1.807) is 24.5 Å². The van der Waals surface area contributed by atoms with Gasteiger partial charge in [-0.05, 0) is 39.5 Å². The molecule has 174 valence electrons. The number of anilines is 1. The van der Waals surface area contributed by atoms with Gasteiger partial charge < -0.3 is 24.0 Å². The number of piperazine rings is 1. The predicted molar refractivity (Wildman–Crippen MR) is 147 cm³/mol. The number of hydrogen-bond acceptors (Lipinski definition) is 8. The molecule has 0 atom stereocenters. The third-order valence-corrected chi connectivity index (χ3v) is 6.30. The second-order valence-electron chi connectivity index (χ2n) is 8.75. The lowest BCUT2D eigenvalue weighted by molar-refractivity contribution is 0.0404. The minimum atomic E-state index is -2.49. The lowest BCUT2D eigenvalue weighted by atomic mass is 9.26. The molecule has 0 aliphatic carbocycles. The van der Waals surface area contributed by atoms with E-state index in [0.717, 1.165) is 4.90 Å². The molecule has 0 saturated carbocycles. The van der Waals surface area contributed by atoms with E-state index in [-0.39, 0.29) is 19.0 Å². The van der Waals surface area contributed by atoms with Crippen LogP contribution >= 0.6 is 0 Å². The van der Waals surface area contributed by atoms with Gasteiger partial charge in [0.15, 0.2) is 5.65 Å². The summed E-state index contributed by atoms with van der Waals surface area (Å²) in [6.45, 7) is -0.131. The Labute approximate surface area is 231 Å². The Morgan fingerprint density at radius 2 is 1.58 bits per heavy atom. The lowest BCUT2D eigenvalue weighted by Gasteiger charge is -2.75. The molecule has 0 aromatic carbocycles. The molecule has 0 spiro atoms. The number of hydrogen-bond donors (Lipinski definition) is 0. The van der Waals surface area contributed by atoms with E-state index >= 15 is 0 Å². The second-order valence-corrected chi connectivity index (χ2v) is 8.75. The van der Waals surface area contributed by atoms with E-state index in [2.05, 4.69) is 15.1 Å². The van der Waals surface area contributed by atoms with Gasteiger partial charge in [-0.3, -0.25) is 0 Å². The SMILES string of the molecule is [B]C1([B])N(C(=O)OCCOC)C([B])([B])C([B])([B])N(c2ccn3ncc(-c4cccnc4OC)c3n2)C1([B])[B]. The fraction of sp³-hybridized carbons (Fsp3) is 0.400. The zero-order valence-electron chi connectivity index (χ0n) is 20.8. The van der Waals surface area contributed by atoms with Gasteiger partial charge in [0.1, 0.15) is 12.4 Å². The number of methoxy groups -OCH3 is 2. The Kier molecular flexibility index (Phi) is 7.18. The Balaban J connectivity index is 1.86. The maximum absolute atomic E-state index is 13.0. The van der Waals surface area contributed by atoms with E-state index in [0.29, 0.717) is 27.6 Å². The summed E-state index contributed by atoms with van der Waals surface area (Å²) in [4.78, 5) is 23.2. The second kappa shape index (κ2) is 9.70. The number of ether oxygens (including phenoxy) is 3. The molecule has 1 fully saturated rings. The van der Waals surface area contributed by atoms with Gasteiger partial charge in [0.25, 0.3) is 0 Å². The smallest absolute Gasteiger partial charge is 0.408 e. The number of fused-ring (bicyclic) bond motifs is 1. The zero-order valence-corrected chi connectivity index (χ0v) is 20.8. The Bertz CT molecular complexity index is 1330. The molecule has 18 heteroatoms. The number of pyridine rings is 1. The van der Waals surface area contributed by atoms with Crippen LogP contribution in [0.5, 0.6) is 5.88 Å². The highest BCUT2D eigenvalue weighted by atomic mass is 16.6. The van der Waals surface area contributed by atoms with Crippen LogP contribution in [0.15, 0.2) is 36.8 Å². The van der Waals surface area contributed by atoms with Crippen LogP contribution in [-0.4, -0.2) is 142 Å². The van der Waals surface area contributed by atoms with E-state index in [1.807, 2.05) is 0 Å². The monoisotopic (exact) mass is 492 g/mol. The van der Waals surface area contributed by atoms with Crippen molar-refractivity contribution < 1.29 is 19.0 Å². The molecule has 1 aliphatic heterocycles. The first-order valence-electron chi connectivity index (χ1n) is 11.1. The first-order chi connectivity index (χ1) is 17.7. The van der Waals surface area contributed by atoms with Crippen molar-refractivity contribution in [2.45, 2.75) is 21.4 Å². The molecule has 16 radical (unpaired) electrons. The van der Waals surface area contributed by atoms with E-state index < -0.39 is 27.4 Å². The molecule has 4 rings (SSSR count). The minimum absolute atomic E-state index is 0.0370. The van der Waals surface area contributed by atoms with Crippen molar-refractivity contribution in [3.8, 4) is 17.0 Å². The molecule has 4 heterocycles. The summed E-state index contributed by atoms with van der Waals surface area (Å²) < 4.78 is 16.8. The van der Waals surface area contributed by atoms with Gasteiger partial charge in [-0.1, -0.05) is 0 Å². The highest BCUT2D eigenvalue weighted by Gasteiger charge is 2.62. The first-order valence-corrected chi connectivity index (χ1v) is 11.1. The highest BCUT2D eigenvalue weighted by molar-refractivity contribution is 6.62. The molecular formula is C20H16B8N6O4. The maximum atomic E-state index is 13.0. The number of nitrogens with zero attached hydrogens (tertiary/aromatic N) is 6. The van der Waals surface area contributed by atoms with Crippen LogP contribution < -0.4 is 9.64 Å². The first kappa shape index (κ1) is 28.1. The van der Waals surface area contributed by atoms with Gasteiger partial charge in [0.05, 0.1) is 88.2 Å². The molecule has 1 saturated heterocycles. The average Bonchev–Trinajstić information content (AvgIpc) is 3.26. The largest absolute Gasteiger partial charge is 0.481 e. The van der Waals surface area contributed by atoms with Crippen LogP contribution in [0.1, 0.15) is 0 Å². The molecule has 3 aromatic heterocycles. The van der Waals surface area contributed by atoms with E-state index in [9.17, 15) is 4.79 Å². The standard InChI is InChI=1S/C20H16B8N6O4/c1-36-8-9-38-16(35)34-19(25,26)17(21,22)33(18(23,24)20(34,27)28)13-5-7-32-14(31-13)12(10-30-32)11-4-3-6-29-15(11)37-2/h3-7,10H,8-9H2,1-2H3. The Hall–Kier alpha value is -2.88. The number of carbonyl (C=O) groups excluding carboxylic acids is 1. The number of rotatable bonds is 6. The summed E-state index contributed by atoms with van der Waals surface area (Å²) in [5.74, 6) is 0.296. The van der Waals surface area contributed by atoms with Crippen molar-refractivity contribution in [3.05, 3.63) is 36.8 Å². The van der Waals surface area contributed by atoms with Crippen molar-refractivity contribution in [3.63, 3.8) is 0 Å². The summed E-state index contributed by atoms with van der Waals surface area (Å²) in [7, 11) is 53.9. The third-order valence-electron chi connectivity index (χ3n) is 6.30. The molecule has 0 bridgehead atoms. The average molecular weight is 491 g/mol. The van der Waals surface area contributed by atoms with Gasteiger partial charge >= 0.3 is 6.09 Å². The maximum Gasteiger partial charge on any atom is 0.408 e. The van der Waals surface area contributed by atoms with Gasteiger partial charge in [-0.25, -0.2) is 19.3 Å². The van der Waals surface area contributed by atoms with Crippen molar-refractivity contribution in [2.75, 3.05) is 32.3 Å². The highest BCUT2D eigenvalue weighted by Crippen LogP contribution is 2.45. The fourth-order valence-electron chi connectivity index (χ4n) is 4.22. The summed E-state index contributed by atoms with van der Waals surface area (Å²) in [6.07, 6.45) is 3.49. The fourth-order valence-corrected chi connectivity index (χ4v) is 4.22. The molecule has 3 aromatic rings. The molecule has 0 unspecified atom stereocenters. The van der Waals surface area contributed by atoms with Crippen LogP contribution in [0, 0.1) is 0 Å². The Morgan fingerprint density at radius 3 is 2.18 bits per heavy atom. The lowest BCUT2D eigenvalue weighted by Crippen LogP contribution is -2.93. The topological polar surface area (TPSA) is 94.3 Å². The van der Waals surface area contributed by atoms with Crippen molar-refractivity contribution >= 4 is 80.3 Å². The third kappa shape index (κ3) is 4.12. The molecule has 38 heavy (non-hydrogen) atoms. The molecule has 10 nitrogen and oxygen atoms in total. The van der Waals surface area contributed by atoms with Gasteiger partial charge in [0.2, 0.25) is 5.88 Å². The van der Waals surface area contributed by atoms with Gasteiger partial charge in [-0.2, -0.15) is 5.10 Å². The molecule has 0 N–H and O–H groups in total. The molecule has 1 aliphatic rings. The summed E-state index contributed by atoms with van der Waals surface area (Å²) >= 11 is 0. The van der Waals surface area contributed by atoms with Gasteiger partial charge in [0, 0.05) is 25.1 Å². The van der Waals surface area contributed by atoms with E-state index in [1.165, 1.54) is 31.0 Å². The Morgan fingerprint density at radius 1 is 0.921 bits per heavy atom. The van der Waals surface area contributed by atoms with Crippen LogP contribution in [0.4, 0.5) is 10.6 Å². The van der Waals surface area contributed by atoms with Crippen molar-refractivity contribution in [1.82, 2.24) is 24.5 Å². The minimum Gasteiger partial charge on any atom is -0.481 e. The van der Waals surface area contributed by atoms with Crippen LogP contribution in [0.25, 0.3) is 16.8 Å². The summed E-state index contributed by atoms with van der Waals surface area (Å²) in [5.41, 5.74) is 1.44. The number of amides is 1. The van der Waals surface area contributed by atoms with Crippen LogP contribution in [0.3, 0.4) is 0 Å². The summed E-state index contributed by atoms with van der Waals surface area (Å²) in [6, 6.07) is 4.93. The molecular weight excluding hydrogens is 475 g/mol. The number of carbonyl (C=O) groups is 1. The van der Waals surface area contributed by atoms with Crippen molar-refractivity contribution in [2.24, 2.45) is 0 Å². The normalized spacial score (nSPS) is 19.2. The predicted octanol–water partition coefficient (Wildman–Crippen LogP) is -2.33. The quantitative estimate of drug-likeness (QED) is 0.280. The molecule has 1 amide bonds. The zero-order chi connectivity index (χ0) is 28.1. The van der Waals surface area contributed by atoms with Crippen LogP contribution in [-0.2, 0) is 9.47 Å². The van der Waals surface area contributed by atoms with E-state index in [4.69, 9.17) is 77.0 Å². The number of aromatic nitrogens is 4.